The van der Waals surface area contributed by atoms with Gasteiger partial charge in [-0.25, -0.2) is 4.79 Å². The van der Waals surface area contributed by atoms with Crippen LogP contribution in [0.15, 0.2) is 59.7 Å². The van der Waals surface area contributed by atoms with Gasteiger partial charge < -0.3 is 9.47 Å². The first-order valence-corrected chi connectivity index (χ1v) is 9.31. The van der Waals surface area contributed by atoms with Crippen LogP contribution in [0.3, 0.4) is 0 Å². The van der Waals surface area contributed by atoms with Crippen molar-refractivity contribution in [2.45, 2.75) is 13.8 Å². The second-order valence-electron chi connectivity index (χ2n) is 6.28. The Morgan fingerprint density at radius 2 is 1.85 bits per heavy atom. The zero-order valence-electron chi connectivity index (χ0n) is 14.8. The molecule has 0 fully saturated rings. The third kappa shape index (κ3) is 3.29. The van der Waals surface area contributed by atoms with E-state index < -0.39 is 5.97 Å². The van der Waals surface area contributed by atoms with E-state index in [1.165, 1.54) is 11.3 Å². The van der Waals surface area contributed by atoms with E-state index in [2.05, 4.69) is 0 Å². The van der Waals surface area contributed by atoms with Crippen LogP contribution >= 0.6 is 11.3 Å². The highest BCUT2D eigenvalue weighted by Gasteiger charge is 2.30. The molecule has 0 saturated heterocycles. The van der Waals surface area contributed by atoms with E-state index in [0.29, 0.717) is 27.5 Å². The van der Waals surface area contributed by atoms with Gasteiger partial charge in [0, 0.05) is 5.56 Å². The fourth-order valence-electron chi connectivity index (χ4n) is 2.84. The topological polar surface area (TPSA) is 52.6 Å². The Balaban J connectivity index is 1.62. The number of fused-ring (bicyclic) bond motifs is 1. The van der Waals surface area contributed by atoms with Crippen molar-refractivity contribution in [2.24, 2.45) is 0 Å². The van der Waals surface area contributed by atoms with E-state index >= 15 is 0 Å². The van der Waals surface area contributed by atoms with E-state index in [-0.39, 0.29) is 11.5 Å². The van der Waals surface area contributed by atoms with E-state index in [1.54, 1.807) is 37.3 Å². The Kier molecular flexibility index (Phi) is 4.38. The lowest BCUT2D eigenvalue weighted by Crippen LogP contribution is -2.07. The van der Waals surface area contributed by atoms with Crippen molar-refractivity contribution in [1.29, 1.82) is 0 Å². The lowest BCUT2D eigenvalue weighted by atomic mass is 10.1. The van der Waals surface area contributed by atoms with Crippen LogP contribution < -0.4 is 9.47 Å². The molecule has 1 aliphatic heterocycles. The molecule has 0 atom stereocenters. The smallest absolute Gasteiger partial charge is 0.353 e. The van der Waals surface area contributed by atoms with Crippen molar-refractivity contribution in [3.8, 4) is 11.5 Å². The number of allylic oxidation sites excluding steroid dienone is 1. The zero-order valence-corrected chi connectivity index (χ0v) is 15.6. The molecule has 27 heavy (non-hydrogen) atoms. The molecular formula is C22H16O4S. The predicted octanol–water partition coefficient (Wildman–Crippen LogP) is 5.20. The first-order chi connectivity index (χ1) is 13.0. The van der Waals surface area contributed by atoms with Gasteiger partial charge in [-0.3, -0.25) is 4.79 Å². The second kappa shape index (κ2) is 6.85. The third-order valence-electron chi connectivity index (χ3n) is 4.34. The van der Waals surface area contributed by atoms with Crippen molar-refractivity contribution < 1.29 is 19.1 Å². The first-order valence-electron chi connectivity index (χ1n) is 8.43. The Labute approximate surface area is 160 Å². The van der Waals surface area contributed by atoms with Gasteiger partial charge in [0.05, 0.1) is 5.56 Å². The molecule has 134 valence electrons. The Bertz CT molecular complexity index is 1060. The number of hydrogen-bond donors (Lipinski definition) is 0. The van der Waals surface area contributed by atoms with Crippen LogP contribution in [-0.2, 0) is 0 Å². The molecule has 5 heteroatoms. The fourth-order valence-corrected chi connectivity index (χ4v) is 3.44. The summed E-state index contributed by atoms with van der Waals surface area (Å²) >= 11 is 1.32. The Morgan fingerprint density at radius 1 is 1.07 bits per heavy atom. The molecule has 0 unspecified atom stereocenters. The van der Waals surface area contributed by atoms with E-state index in [9.17, 15) is 9.59 Å². The maximum Gasteiger partial charge on any atom is 0.353 e. The summed E-state index contributed by atoms with van der Waals surface area (Å²) in [6, 6.07) is 14.6. The molecule has 4 nitrogen and oxygen atoms in total. The number of ketones is 1. The summed E-state index contributed by atoms with van der Waals surface area (Å²) in [7, 11) is 0. The fraction of sp³-hybridized carbons (Fsp3) is 0.0909. The van der Waals surface area contributed by atoms with Crippen molar-refractivity contribution in [3.63, 3.8) is 0 Å². The molecule has 2 heterocycles. The van der Waals surface area contributed by atoms with Gasteiger partial charge in [-0.2, -0.15) is 0 Å². The summed E-state index contributed by atoms with van der Waals surface area (Å²) in [4.78, 5) is 25.4. The zero-order chi connectivity index (χ0) is 19.0. The Hall–Kier alpha value is -3.18. The maximum atomic E-state index is 12.6. The van der Waals surface area contributed by atoms with Crippen molar-refractivity contribution in [1.82, 2.24) is 0 Å². The Morgan fingerprint density at radius 3 is 2.56 bits per heavy atom. The molecule has 1 aromatic heterocycles. The summed E-state index contributed by atoms with van der Waals surface area (Å²) in [6.45, 7) is 3.78. The SMILES string of the molecule is Cc1ccc(/C=C2\Oc3c(ccc(OC(=O)c4cccs4)c3C)C2=O)cc1. The standard InChI is InChI=1S/C22H16O4S/c1-13-5-7-15(8-6-13)12-18-20(23)16-9-10-17(14(2)21(16)25-18)26-22(24)19-4-3-11-27-19/h3-12H,1-2H3/b18-12-. The number of esters is 1. The number of thiophene rings is 1. The minimum Gasteiger partial charge on any atom is -0.452 e. The summed E-state index contributed by atoms with van der Waals surface area (Å²) in [6.07, 6.45) is 1.72. The van der Waals surface area contributed by atoms with E-state index in [4.69, 9.17) is 9.47 Å². The molecule has 4 rings (SSSR count). The molecule has 0 radical (unpaired) electrons. The molecule has 0 spiro atoms. The second-order valence-corrected chi connectivity index (χ2v) is 7.23. The lowest BCUT2D eigenvalue weighted by molar-refractivity contribution is 0.0738. The van der Waals surface area contributed by atoms with Crippen LogP contribution in [0.1, 0.15) is 36.7 Å². The minimum absolute atomic E-state index is 0.176. The highest BCUT2D eigenvalue weighted by molar-refractivity contribution is 7.12. The molecule has 0 N–H and O–H groups in total. The molecule has 2 aromatic carbocycles. The van der Waals surface area contributed by atoms with Crippen LogP contribution in [0.4, 0.5) is 0 Å². The molecule has 0 saturated carbocycles. The van der Waals surface area contributed by atoms with Gasteiger partial charge in [-0.05, 0) is 49.1 Å². The molecule has 0 aliphatic carbocycles. The molecule has 0 bridgehead atoms. The molecule has 3 aromatic rings. The highest BCUT2D eigenvalue weighted by atomic mass is 32.1. The number of ether oxygens (including phenoxy) is 2. The van der Waals surface area contributed by atoms with Gasteiger partial charge in [0.25, 0.3) is 0 Å². The summed E-state index contributed by atoms with van der Waals surface area (Å²) in [5, 5.41) is 1.82. The summed E-state index contributed by atoms with van der Waals surface area (Å²) in [5.41, 5.74) is 3.13. The number of benzene rings is 2. The summed E-state index contributed by atoms with van der Waals surface area (Å²) < 4.78 is 11.3. The average molecular weight is 376 g/mol. The van der Waals surface area contributed by atoms with Gasteiger partial charge in [0.2, 0.25) is 5.78 Å². The highest BCUT2D eigenvalue weighted by Crippen LogP contribution is 2.39. The number of rotatable bonds is 3. The van der Waals surface area contributed by atoms with Crippen molar-refractivity contribution in [3.05, 3.63) is 86.8 Å². The van der Waals surface area contributed by atoms with Crippen molar-refractivity contribution >= 4 is 29.2 Å². The van der Waals surface area contributed by atoms with Crippen LogP contribution in [0.25, 0.3) is 6.08 Å². The number of carbonyl (C=O) groups is 2. The number of aryl methyl sites for hydroxylation is 1. The average Bonchev–Trinajstić information content (AvgIpc) is 3.29. The quantitative estimate of drug-likeness (QED) is 0.358. The molecule has 0 amide bonds. The number of hydrogen-bond acceptors (Lipinski definition) is 5. The van der Waals surface area contributed by atoms with Crippen molar-refractivity contribution in [2.75, 3.05) is 0 Å². The first kappa shape index (κ1) is 17.2. The van der Waals surface area contributed by atoms with Gasteiger partial charge in [-0.1, -0.05) is 35.9 Å². The molecular weight excluding hydrogens is 360 g/mol. The van der Waals surface area contributed by atoms with Crippen LogP contribution in [0, 0.1) is 13.8 Å². The predicted molar refractivity (Wildman–Crippen MR) is 105 cm³/mol. The minimum atomic E-state index is -0.423. The van der Waals surface area contributed by atoms with E-state index in [1.807, 2.05) is 36.6 Å². The third-order valence-corrected chi connectivity index (χ3v) is 5.19. The molecule has 1 aliphatic rings. The van der Waals surface area contributed by atoms with Gasteiger partial charge in [0.1, 0.15) is 16.4 Å². The lowest BCUT2D eigenvalue weighted by Gasteiger charge is -2.09. The van der Waals surface area contributed by atoms with E-state index in [0.717, 1.165) is 11.1 Å². The van der Waals surface area contributed by atoms with Crippen LogP contribution in [0.5, 0.6) is 11.5 Å². The summed E-state index contributed by atoms with van der Waals surface area (Å²) in [5.74, 6) is 0.489. The largest absolute Gasteiger partial charge is 0.452 e. The van der Waals surface area contributed by atoms with Gasteiger partial charge >= 0.3 is 5.97 Å². The monoisotopic (exact) mass is 376 g/mol. The van der Waals surface area contributed by atoms with Gasteiger partial charge in [-0.15, -0.1) is 11.3 Å². The number of Topliss-reactive ketones (excluding diaryl/α,β-unsaturated/α-hetero) is 1. The van der Waals surface area contributed by atoms with Gasteiger partial charge in [0.15, 0.2) is 5.76 Å². The van der Waals surface area contributed by atoms with Crippen LogP contribution in [0.2, 0.25) is 0 Å². The number of carbonyl (C=O) groups excluding carboxylic acids is 2. The van der Waals surface area contributed by atoms with Crippen LogP contribution in [-0.4, -0.2) is 11.8 Å². The normalized spacial score (nSPS) is 14.1. The maximum absolute atomic E-state index is 12.6.